The van der Waals surface area contributed by atoms with Gasteiger partial charge in [0.05, 0.1) is 21.2 Å². The number of fused-ring (bicyclic) bond motifs is 1. The van der Waals surface area contributed by atoms with Crippen LogP contribution in [-0.2, 0) is 4.79 Å². The largest absolute Gasteiger partial charge is 0.323 e. The molecule has 8 heteroatoms. The van der Waals surface area contributed by atoms with Gasteiger partial charge < -0.3 is 5.32 Å². The fourth-order valence-electron chi connectivity index (χ4n) is 1.90. The van der Waals surface area contributed by atoms with Crippen LogP contribution in [0.4, 0.5) is 14.5 Å². The highest BCUT2D eigenvalue weighted by Gasteiger charge is 2.19. The Morgan fingerprint density at radius 1 is 1.30 bits per heavy atom. The maximum atomic E-state index is 13.6. The standard InChI is InChI=1S/C15H11F2N3OS2/c1-8(14(21)20-12-6-9(16)2-3-10(12)17)23-15-13-11(4-5-22-13)18-7-19-15/h2-8H,1H3,(H,20,21). The predicted octanol–water partition coefficient (Wildman–Crippen LogP) is 4.09. The van der Waals surface area contributed by atoms with Crippen molar-refractivity contribution in [2.75, 3.05) is 5.32 Å². The molecule has 3 rings (SSSR count). The van der Waals surface area contributed by atoms with Crippen LogP contribution in [0.25, 0.3) is 10.2 Å². The third-order valence-electron chi connectivity index (χ3n) is 3.05. The molecule has 2 heterocycles. The third-order valence-corrected chi connectivity index (χ3v) is 5.19. The lowest BCUT2D eigenvalue weighted by Gasteiger charge is -2.12. The zero-order valence-electron chi connectivity index (χ0n) is 11.9. The van der Waals surface area contributed by atoms with Crippen molar-refractivity contribution in [2.24, 2.45) is 0 Å². The summed E-state index contributed by atoms with van der Waals surface area (Å²) >= 11 is 2.74. The van der Waals surface area contributed by atoms with Gasteiger partial charge in [0.1, 0.15) is 23.0 Å². The molecule has 23 heavy (non-hydrogen) atoms. The molecule has 0 spiro atoms. The van der Waals surface area contributed by atoms with Crippen molar-refractivity contribution in [1.29, 1.82) is 0 Å². The van der Waals surface area contributed by atoms with E-state index < -0.39 is 22.8 Å². The predicted molar refractivity (Wildman–Crippen MR) is 87.7 cm³/mol. The molecule has 0 aliphatic rings. The van der Waals surface area contributed by atoms with Gasteiger partial charge in [0.25, 0.3) is 0 Å². The van der Waals surface area contributed by atoms with Crippen LogP contribution in [0, 0.1) is 11.6 Å². The summed E-state index contributed by atoms with van der Waals surface area (Å²) in [4.78, 5) is 20.5. The molecule has 0 saturated heterocycles. The fraction of sp³-hybridized carbons (Fsp3) is 0.133. The highest BCUT2D eigenvalue weighted by molar-refractivity contribution is 8.00. The van der Waals surface area contributed by atoms with Gasteiger partial charge in [0, 0.05) is 6.07 Å². The normalized spacial score (nSPS) is 12.3. The molecule has 1 amide bonds. The van der Waals surface area contributed by atoms with Crippen molar-refractivity contribution in [2.45, 2.75) is 17.2 Å². The topological polar surface area (TPSA) is 54.9 Å². The number of carbonyl (C=O) groups excluding carboxylic acids is 1. The minimum atomic E-state index is -0.681. The van der Waals surface area contributed by atoms with Crippen LogP contribution >= 0.6 is 23.1 Å². The Bertz CT molecular complexity index is 869. The summed E-state index contributed by atoms with van der Waals surface area (Å²) in [6.45, 7) is 1.68. The molecule has 0 aliphatic carbocycles. The molecule has 118 valence electrons. The maximum absolute atomic E-state index is 13.6. The van der Waals surface area contributed by atoms with E-state index in [1.807, 2.05) is 11.4 Å². The molecule has 0 aliphatic heterocycles. The summed E-state index contributed by atoms with van der Waals surface area (Å²) in [5, 5.41) is 4.45. The lowest BCUT2D eigenvalue weighted by Crippen LogP contribution is -2.23. The summed E-state index contributed by atoms with van der Waals surface area (Å²) in [5.74, 6) is -1.72. The molecule has 1 unspecified atom stereocenters. The highest BCUT2D eigenvalue weighted by atomic mass is 32.2. The van der Waals surface area contributed by atoms with Crippen molar-refractivity contribution < 1.29 is 13.6 Å². The molecule has 1 aromatic carbocycles. The summed E-state index contributed by atoms with van der Waals surface area (Å²) in [5.41, 5.74) is 0.641. The lowest BCUT2D eigenvalue weighted by atomic mass is 10.3. The number of hydrogen-bond acceptors (Lipinski definition) is 5. The van der Waals surface area contributed by atoms with Crippen molar-refractivity contribution in [3.8, 4) is 0 Å². The minimum absolute atomic E-state index is 0.175. The van der Waals surface area contributed by atoms with Gasteiger partial charge in [-0.25, -0.2) is 18.7 Å². The number of rotatable bonds is 4. The number of nitrogens with one attached hydrogen (secondary N) is 1. The number of halogens is 2. The van der Waals surface area contributed by atoms with Crippen LogP contribution in [0.3, 0.4) is 0 Å². The Morgan fingerprint density at radius 3 is 2.96 bits per heavy atom. The van der Waals surface area contributed by atoms with Crippen molar-refractivity contribution in [3.05, 3.63) is 47.6 Å². The van der Waals surface area contributed by atoms with Crippen LogP contribution in [0.1, 0.15) is 6.92 Å². The van der Waals surface area contributed by atoms with E-state index in [1.54, 1.807) is 6.92 Å². The molecule has 0 bridgehead atoms. The molecular weight excluding hydrogens is 340 g/mol. The van der Waals surface area contributed by atoms with Gasteiger partial charge in [0.2, 0.25) is 5.91 Å². The maximum Gasteiger partial charge on any atom is 0.237 e. The van der Waals surface area contributed by atoms with Crippen LogP contribution in [0.5, 0.6) is 0 Å². The Kier molecular flexibility index (Phi) is 4.53. The van der Waals surface area contributed by atoms with Gasteiger partial charge in [-0.3, -0.25) is 4.79 Å². The van der Waals surface area contributed by atoms with E-state index >= 15 is 0 Å². The van der Waals surface area contributed by atoms with Gasteiger partial charge >= 0.3 is 0 Å². The number of thioether (sulfide) groups is 1. The Labute approximate surface area is 139 Å². The Morgan fingerprint density at radius 2 is 2.13 bits per heavy atom. The van der Waals surface area contributed by atoms with E-state index in [9.17, 15) is 13.6 Å². The van der Waals surface area contributed by atoms with Crippen LogP contribution < -0.4 is 5.32 Å². The molecule has 0 radical (unpaired) electrons. The Hall–Kier alpha value is -2.06. The zero-order chi connectivity index (χ0) is 16.4. The van der Waals surface area contributed by atoms with Gasteiger partial charge in [-0.1, -0.05) is 11.8 Å². The molecule has 0 fully saturated rings. The number of anilines is 1. The third kappa shape index (κ3) is 3.48. The average Bonchev–Trinajstić information content (AvgIpc) is 3.00. The Balaban J connectivity index is 1.75. The quantitative estimate of drug-likeness (QED) is 0.568. The molecule has 3 aromatic rings. The first-order chi connectivity index (χ1) is 11.0. The SMILES string of the molecule is CC(Sc1ncnc2ccsc12)C(=O)Nc1cc(F)ccc1F. The lowest BCUT2D eigenvalue weighted by molar-refractivity contribution is -0.115. The molecule has 1 atom stereocenters. The number of thiophene rings is 1. The number of carbonyl (C=O) groups is 1. The van der Waals surface area contributed by atoms with Gasteiger partial charge in [-0.2, -0.15) is 0 Å². The van der Waals surface area contributed by atoms with E-state index in [0.717, 1.165) is 28.4 Å². The summed E-state index contributed by atoms with van der Waals surface area (Å²) < 4.78 is 27.6. The molecule has 4 nitrogen and oxygen atoms in total. The second kappa shape index (κ2) is 6.59. The summed E-state index contributed by atoms with van der Waals surface area (Å²) in [6.07, 6.45) is 1.44. The van der Waals surface area contributed by atoms with E-state index in [2.05, 4.69) is 15.3 Å². The van der Waals surface area contributed by atoms with Gasteiger partial charge in [-0.15, -0.1) is 11.3 Å². The summed E-state index contributed by atoms with van der Waals surface area (Å²) in [7, 11) is 0. The van der Waals surface area contributed by atoms with E-state index in [4.69, 9.17) is 0 Å². The molecule has 0 saturated carbocycles. The number of nitrogens with zero attached hydrogens (tertiary/aromatic N) is 2. The van der Waals surface area contributed by atoms with Crippen molar-refractivity contribution in [3.63, 3.8) is 0 Å². The van der Waals surface area contributed by atoms with E-state index in [0.29, 0.717) is 5.03 Å². The van der Waals surface area contributed by atoms with Crippen molar-refractivity contribution >= 4 is 44.9 Å². The zero-order valence-corrected chi connectivity index (χ0v) is 13.5. The first-order valence-corrected chi connectivity index (χ1v) is 8.41. The molecule has 2 aromatic heterocycles. The first-order valence-electron chi connectivity index (χ1n) is 6.65. The van der Waals surface area contributed by atoms with Crippen LogP contribution in [-0.4, -0.2) is 21.1 Å². The highest BCUT2D eigenvalue weighted by Crippen LogP contribution is 2.31. The van der Waals surface area contributed by atoms with Gasteiger partial charge in [0.15, 0.2) is 0 Å². The number of amides is 1. The summed E-state index contributed by atoms with van der Waals surface area (Å²) in [6, 6.07) is 4.80. The van der Waals surface area contributed by atoms with Crippen molar-refractivity contribution in [1.82, 2.24) is 9.97 Å². The van der Waals surface area contributed by atoms with E-state index in [1.165, 1.54) is 29.4 Å². The smallest absolute Gasteiger partial charge is 0.237 e. The number of hydrogen-bond donors (Lipinski definition) is 1. The van der Waals surface area contributed by atoms with Gasteiger partial charge in [-0.05, 0) is 30.5 Å². The second-order valence-electron chi connectivity index (χ2n) is 4.69. The first kappa shape index (κ1) is 15.8. The molecule has 1 N–H and O–H groups in total. The number of benzene rings is 1. The minimum Gasteiger partial charge on any atom is -0.323 e. The second-order valence-corrected chi connectivity index (χ2v) is 6.93. The fourth-order valence-corrected chi connectivity index (χ4v) is 3.74. The number of aromatic nitrogens is 2. The average molecular weight is 351 g/mol. The molecular formula is C15H11F2N3OS2. The monoisotopic (exact) mass is 351 g/mol. The van der Waals surface area contributed by atoms with Crippen LogP contribution in [0.15, 0.2) is 41.0 Å². The van der Waals surface area contributed by atoms with E-state index in [-0.39, 0.29) is 5.69 Å². The van der Waals surface area contributed by atoms with Crippen LogP contribution in [0.2, 0.25) is 0 Å².